The van der Waals surface area contributed by atoms with Crippen LogP contribution in [0.3, 0.4) is 0 Å². The first kappa shape index (κ1) is 21.3. The van der Waals surface area contributed by atoms with Gasteiger partial charge in [0, 0.05) is 25.2 Å². The molecule has 0 unspecified atom stereocenters. The molecule has 1 aromatic heterocycles. The van der Waals surface area contributed by atoms with Gasteiger partial charge in [0.05, 0.1) is 16.5 Å². The smallest absolute Gasteiger partial charge is 0.261 e. The van der Waals surface area contributed by atoms with Gasteiger partial charge in [-0.1, -0.05) is 37.3 Å². The Labute approximate surface area is 180 Å². The molecule has 0 fully saturated rings. The van der Waals surface area contributed by atoms with Gasteiger partial charge in [0.25, 0.3) is 11.8 Å². The maximum Gasteiger partial charge on any atom is 0.261 e. The van der Waals surface area contributed by atoms with Gasteiger partial charge in [-0.2, -0.15) is 5.26 Å². The highest BCUT2D eigenvalue weighted by Crippen LogP contribution is 2.14. The van der Waals surface area contributed by atoms with Gasteiger partial charge in [0.15, 0.2) is 0 Å². The minimum atomic E-state index is -0.0957. The second kappa shape index (κ2) is 10.4. The molecule has 0 aliphatic heterocycles. The predicted octanol–water partition coefficient (Wildman–Crippen LogP) is 4.60. The van der Waals surface area contributed by atoms with E-state index in [1.807, 2.05) is 47.5 Å². The summed E-state index contributed by atoms with van der Waals surface area (Å²) in [7, 11) is 0. The molecule has 0 aliphatic rings. The lowest BCUT2D eigenvalue weighted by Gasteiger charge is -2.22. The standard InChI is InChI=1S/C24H23N3O2S/c1-2-13-27(17-20-7-5-18(15-25)6-8-20)24(29)21-11-9-19(10-12-21)16-26-23(28)22-4-3-14-30-22/h3-12,14H,2,13,16-17H2,1H3,(H,26,28). The van der Waals surface area contributed by atoms with Gasteiger partial charge in [0.2, 0.25) is 0 Å². The Morgan fingerprint density at radius 1 is 1.03 bits per heavy atom. The molecule has 0 radical (unpaired) electrons. The molecular weight excluding hydrogens is 394 g/mol. The first-order valence-corrected chi connectivity index (χ1v) is 10.7. The van der Waals surface area contributed by atoms with Crippen LogP contribution in [0.4, 0.5) is 0 Å². The Morgan fingerprint density at radius 2 is 1.73 bits per heavy atom. The van der Waals surface area contributed by atoms with Crippen LogP contribution < -0.4 is 5.32 Å². The molecule has 1 heterocycles. The van der Waals surface area contributed by atoms with Crippen molar-refractivity contribution in [2.75, 3.05) is 6.54 Å². The van der Waals surface area contributed by atoms with Crippen LogP contribution in [0.2, 0.25) is 0 Å². The molecule has 5 nitrogen and oxygen atoms in total. The summed E-state index contributed by atoms with van der Waals surface area (Å²) in [6.45, 7) is 3.60. The number of hydrogen-bond acceptors (Lipinski definition) is 4. The Balaban J connectivity index is 1.63. The molecule has 2 aromatic carbocycles. The zero-order chi connectivity index (χ0) is 21.3. The molecule has 0 aliphatic carbocycles. The fraction of sp³-hybridized carbons (Fsp3) is 0.208. The van der Waals surface area contributed by atoms with E-state index in [1.165, 1.54) is 11.3 Å². The number of benzene rings is 2. The monoisotopic (exact) mass is 417 g/mol. The second-order valence-corrected chi connectivity index (χ2v) is 7.84. The van der Waals surface area contributed by atoms with Crippen molar-refractivity contribution in [2.45, 2.75) is 26.4 Å². The van der Waals surface area contributed by atoms with E-state index in [2.05, 4.69) is 11.4 Å². The molecule has 1 N–H and O–H groups in total. The average molecular weight is 418 g/mol. The van der Waals surface area contributed by atoms with E-state index in [4.69, 9.17) is 5.26 Å². The third kappa shape index (κ3) is 5.56. The highest BCUT2D eigenvalue weighted by molar-refractivity contribution is 7.12. The quantitative estimate of drug-likeness (QED) is 0.582. The van der Waals surface area contributed by atoms with Crippen LogP contribution in [0.15, 0.2) is 66.0 Å². The van der Waals surface area contributed by atoms with Gasteiger partial charge in [-0.15, -0.1) is 11.3 Å². The van der Waals surface area contributed by atoms with Crippen LogP contribution in [-0.4, -0.2) is 23.3 Å². The van der Waals surface area contributed by atoms with Crippen molar-refractivity contribution in [2.24, 2.45) is 0 Å². The lowest BCUT2D eigenvalue weighted by Crippen LogP contribution is -2.31. The van der Waals surface area contributed by atoms with Crippen molar-refractivity contribution in [3.05, 3.63) is 93.2 Å². The fourth-order valence-corrected chi connectivity index (χ4v) is 3.69. The molecular formula is C24H23N3O2S. The van der Waals surface area contributed by atoms with Crippen LogP contribution in [0.25, 0.3) is 0 Å². The second-order valence-electron chi connectivity index (χ2n) is 6.89. The van der Waals surface area contributed by atoms with Crippen molar-refractivity contribution in [3.8, 4) is 6.07 Å². The Hall–Kier alpha value is -3.43. The number of nitrogens with zero attached hydrogens (tertiary/aromatic N) is 2. The zero-order valence-electron chi connectivity index (χ0n) is 16.8. The molecule has 152 valence electrons. The molecule has 0 bridgehead atoms. The van der Waals surface area contributed by atoms with E-state index < -0.39 is 0 Å². The van der Waals surface area contributed by atoms with Crippen molar-refractivity contribution in [3.63, 3.8) is 0 Å². The molecule has 0 saturated heterocycles. The molecule has 3 rings (SSSR count). The number of thiophene rings is 1. The number of carbonyl (C=O) groups is 2. The third-order valence-corrected chi connectivity index (χ3v) is 5.50. The fourth-order valence-electron chi connectivity index (χ4n) is 3.05. The minimum Gasteiger partial charge on any atom is -0.347 e. The zero-order valence-corrected chi connectivity index (χ0v) is 17.6. The van der Waals surface area contributed by atoms with Gasteiger partial charge in [0.1, 0.15) is 0 Å². The van der Waals surface area contributed by atoms with Crippen LogP contribution in [0.1, 0.15) is 50.1 Å². The number of hydrogen-bond donors (Lipinski definition) is 1. The number of carbonyl (C=O) groups excluding carboxylic acids is 2. The SMILES string of the molecule is CCCN(Cc1ccc(C#N)cc1)C(=O)c1ccc(CNC(=O)c2cccs2)cc1. The van der Waals surface area contributed by atoms with E-state index in [0.29, 0.717) is 35.6 Å². The van der Waals surface area contributed by atoms with E-state index in [1.54, 1.807) is 30.3 Å². The molecule has 2 amide bonds. The van der Waals surface area contributed by atoms with Crippen LogP contribution in [0, 0.1) is 11.3 Å². The van der Waals surface area contributed by atoms with E-state index in [9.17, 15) is 9.59 Å². The van der Waals surface area contributed by atoms with Gasteiger partial charge >= 0.3 is 0 Å². The van der Waals surface area contributed by atoms with Crippen LogP contribution in [0.5, 0.6) is 0 Å². The lowest BCUT2D eigenvalue weighted by atomic mass is 10.1. The first-order chi connectivity index (χ1) is 14.6. The molecule has 0 saturated carbocycles. The average Bonchev–Trinajstić information content (AvgIpc) is 3.33. The third-order valence-electron chi connectivity index (χ3n) is 4.64. The highest BCUT2D eigenvalue weighted by atomic mass is 32.1. The van der Waals surface area contributed by atoms with Crippen molar-refractivity contribution in [1.82, 2.24) is 10.2 Å². The molecule has 30 heavy (non-hydrogen) atoms. The maximum absolute atomic E-state index is 13.0. The van der Waals surface area contributed by atoms with Crippen molar-refractivity contribution < 1.29 is 9.59 Å². The number of nitriles is 1. The normalized spacial score (nSPS) is 10.3. The van der Waals surface area contributed by atoms with E-state index >= 15 is 0 Å². The molecule has 0 spiro atoms. The maximum atomic E-state index is 13.0. The summed E-state index contributed by atoms with van der Waals surface area (Å²) in [6, 6.07) is 20.4. The van der Waals surface area contributed by atoms with Crippen LogP contribution in [-0.2, 0) is 13.1 Å². The lowest BCUT2D eigenvalue weighted by molar-refractivity contribution is 0.0743. The highest BCUT2D eigenvalue weighted by Gasteiger charge is 2.16. The largest absolute Gasteiger partial charge is 0.347 e. The topological polar surface area (TPSA) is 73.2 Å². The number of nitrogens with one attached hydrogen (secondary N) is 1. The van der Waals surface area contributed by atoms with Gasteiger partial charge in [-0.25, -0.2) is 0 Å². The summed E-state index contributed by atoms with van der Waals surface area (Å²) in [5.74, 6) is -0.128. The first-order valence-electron chi connectivity index (χ1n) is 9.79. The summed E-state index contributed by atoms with van der Waals surface area (Å²) in [5, 5.41) is 13.7. The predicted molar refractivity (Wildman–Crippen MR) is 118 cm³/mol. The van der Waals surface area contributed by atoms with Gasteiger partial charge < -0.3 is 10.2 Å². The Kier molecular flexibility index (Phi) is 7.36. The summed E-state index contributed by atoms with van der Waals surface area (Å²) in [4.78, 5) is 27.5. The summed E-state index contributed by atoms with van der Waals surface area (Å²) in [6.07, 6.45) is 0.856. The minimum absolute atomic E-state index is 0.0321. The van der Waals surface area contributed by atoms with Gasteiger partial charge in [-0.3, -0.25) is 9.59 Å². The molecule has 6 heteroatoms. The summed E-state index contributed by atoms with van der Waals surface area (Å²) >= 11 is 1.40. The summed E-state index contributed by atoms with van der Waals surface area (Å²) < 4.78 is 0. The Bertz CT molecular complexity index is 1020. The number of amides is 2. The molecule has 3 aromatic rings. The summed E-state index contributed by atoms with van der Waals surface area (Å²) in [5.41, 5.74) is 3.15. The molecule has 0 atom stereocenters. The van der Waals surface area contributed by atoms with Crippen molar-refractivity contribution >= 4 is 23.2 Å². The number of rotatable bonds is 8. The van der Waals surface area contributed by atoms with E-state index in [-0.39, 0.29) is 11.8 Å². The van der Waals surface area contributed by atoms with Crippen molar-refractivity contribution in [1.29, 1.82) is 5.26 Å². The van der Waals surface area contributed by atoms with Crippen LogP contribution >= 0.6 is 11.3 Å². The van der Waals surface area contributed by atoms with E-state index in [0.717, 1.165) is 17.5 Å². The van der Waals surface area contributed by atoms with Gasteiger partial charge in [-0.05, 0) is 53.3 Å². The Morgan fingerprint density at radius 3 is 2.33 bits per heavy atom.